The average molecular weight is 298 g/mol. The van der Waals surface area contributed by atoms with Crippen molar-refractivity contribution in [2.75, 3.05) is 32.7 Å². The number of nitrogens with zero attached hydrogens (tertiary/aromatic N) is 3. The molecule has 1 rings (SSSR count). The van der Waals surface area contributed by atoms with Gasteiger partial charge in [-0.1, -0.05) is 31.5 Å². The van der Waals surface area contributed by atoms with Crippen LogP contribution in [0.2, 0.25) is 5.15 Å². The van der Waals surface area contributed by atoms with E-state index in [9.17, 15) is 4.79 Å². The van der Waals surface area contributed by atoms with Crippen LogP contribution in [0.3, 0.4) is 0 Å². The zero-order chi connectivity index (χ0) is 15.0. The highest BCUT2D eigenvalue weighted by Crippen LogP contribution is 2.08. The summed E-state index contributed by atoms with van der Waals surface area (Å²) in [6.45, 7) is 10.8. The monoisotopic (exact) mass is 297 g/mol. The van der Waals surface area contributed by atoms with Gasteiger partial charge in [-0.05, 0) is 45.1 Å². The highest BCUT2D eigenvalue weighted by Gasteiger charge is 2.15. The predicted octanol–water partition coefficient (Wildman–Crippen LogP) is 2.93. The van der Waals surface area contributed by atoms with Crippen LogP contribution in [0, 0.1) is 0 Å². The Morgan fingerprint density at radius 3 is 2.40 bits per heavy atom. The number of hydrogen-bond acceptors (Lipinski definition) is 3. The summed E-state index contributed by atoms with van der Waals surface area (Å²) in [5.74, 6) is -0.0467. The van der Waals surface area contributed by atoms with E-state index in [0.29, 0.717) is 17.4 Å². The molecule has 1 heterocycles. The first kappa shape index (κ1) is 16.9. The summed E-state index contributed by atoms with van der Waals surface area (Å²) in [4.78, 5) is 20.6. The molecule has 0 saturated carbocycles. The summed E-state index contributed by atoms with van der Waals surface area (Å²) in [6, 6.07) is 5.14. The van der Waals surface area contributed by atoms with E-state index >= 15 is 0 Å². The van der Waals surface area contributed by atoms with Gasteiger partial charge in [-0.3, -0.25) is 4.79 Å². The van der Waals surface area contributed by atoms with Crippen LogP contribution in [0.5, 0.6) is 0 Å². The fourth-order valence-electron chi connectivity index (χ4n) is 2.12. The summed E-state index contributed by atoms with van der Waals surface area (Å²) in [5.41, 5.74) is 0.419. The van der Waals surface area contributed by atoms with Crippen LogP contribution in [0.1, 0.15) is 37.7 Å². The first-order valence-electron chi connectivity index (χ1n) is 7.26. The molecule has 0 aliphatic carbocycles. The molecule has 0 atom stereocenters. The molecule has 0 fully saturated rings. The third-order valence-corrected chi connectivity index (χ3v) is 3.61. The van der Waals surface area contributed by atoms with Crippen molar-refractivity contribution >= 4 is 17.5 Å². The van der Waals surface area contributed by atoms with Crippen molar-refractivity contribution in [3.8, 4) is 0 Å². The van der Waals surface area contributed by atoms with E-state index in [2.05, 4.69) is 23.7 Å². The van der Waals surface area contributed by atoms with Crippen molar-refractivity contribution in [1.29, 1.82) is 0 Å². The Morgan fingerprint density at radius 1 is 1.15 bits per heavy atom. The average Bonchev–Trinajstić information content (AvgIpc) is 2.47. The smallest absolute Gasteiger partial charge is 0.272 e. The minimum atomic E-state index is -0.0467. The van der Waals surface area contributed by atoms with Gasteiger partial charge in [0.15, 0.2) is 0 Å². The Bertz CT molecular complexity index is 421. The van der Waals surface area contributed by atoms with Crippen molar-refractivity contribution in [2.45, 2.75) is 27.2 Å². The standard InChI is InChI=1S/C15H24ClN3O/c1-4-18(5-2)11-8-12-19(6-3)15(20)13-9-7-10-14(16)17-13/h7,9-10H,4-6,8,11-12H2,1-3H3. The van der Waals surface area contributed by atoms with E-state index < -0.39 is 0 Å². The maximum absolute atomic E-state index is 12.3. The number of hydrogen-bond donors (Lipinski definition) is 0. The second-order valence-corrected chi connectivity index (χ2v) is 5.00. The van der Waals surface area contributed by atoms with Crippen molar-refractivity contribution in [3.63, 3.8) is 0 Å². The highest BCUT2D eigenvalue weighted by molar-refractivity contribution is 6.29. The van der Waals surface area contributed by atoms with Crippen LogP contribution >= 0.6 is 11.6 Å². The summed E-state index contributed by atoms with van der Waals surface area (Å²) in [5, 5.41) is 0.357. The summed E-state index contributed by atoms with van der Waals surface area (Å²) in [7, 11) is 0. The first-order chi connectivity index (χ1) is 9.62. The molecule has 0 bridgehead atoms. The topological polar surface area (TPSA) is 36.4 Å². The molecule has 0 N–H and O–H groups in total. The van der Waals surface area contributed by atoms with Crippen LogP contribution in [0.15, 0.2) is 18.2 Å². The maximum Gasteiger partial charge on any atom is 0.272 e. The number of carbonyl (C=O) groups excluding carboxylic acids is 1. The van der Waals surface area contributed by atoms with Gasteiger partial charge < -0.3 is 9.80 Å². The van der Waals surface area contributed by atoms with Gasteiger partial charge in [0, 0.05) is 13.1 Å². The Balaban J connectivity index is 2.55. The maximum atomic E-state index is 12.3. The first-order valence-corrected chi connectivity index (χ1v) is 7.64. The SMILES string of the molecule is CCN(CC)CCCN(CC)C(=O)c1cccc(Cl)n1. The van der Waals surface area contributed by atoms with Gasteiger partial charge in [0.05, 0.1) is 0 Å². The summed E-state index contributed by atoms with van der Waals surface area (Å²) < 4.78 is 0. The molecule has 0 unspecified atom stereocenters. The third kappa shape index (κ3) is 5.10. The number of aromatic nitrogens is 1. The van der Waals surface area contributed by atoms with Gasteiger partial charge in [0.1, 0.15) is 10.8 Å². The molecule has 0 saturated heterocycles. The fraction of sp³-hybridized carbons (Fsp3) is 0.600. The molecule has 0 spiro atoms. The van der Waals surface area contributed by atoms with Crippen LogP contribution in [-0.2, 0) is 0 Å². The summed E-state index contributed by atoms with van der Waals surface area (Å²) in [6.07, 6.45) is 0.974. The second kappa shape index (κ2) is 8.93. The molecular weight excluding hydrogens is 274 g/mol. The fourth-order valence-corrected chi connectivity index (χ4v) is 2.28. The van der Waals surface area contributed by atoms with E-state index in [4.69, 9.17) is 11.6 Å². The minimum absolute atomic E-state index is 0.0467. The van der Waals surface area contributed by atoms with Gasteiger partial charge in [0.2, 0.25) is 0 Å². The molecule has 1 aromatic rings. The zero-order valence-electron chi connectivity index (χ0n) is 12.6. The number of pyridine rings is 1. The number of halogens is 1. The Labute approximate surface area is 126 Å². The van der Waals surface area contributed by atoms with Crippen molar-refractivity contribution in [3.05, 3.63) is 29.0 Å². The molecule has 0 aliphatic heterocycles. The highest BCUT2D eigenvalue weighted by atomic mass is 35.5. The zero-order valence-corrected chi connectivity index (χ0v) is 13.4. The molecule has 112 valence electrons. The molecular formula is C15H24ClN3O. The van der Waals surface area contributed by atoms with E-state index in [-0.39, 0.29) is 5.91 Å². The van der Waals surface area contributed by atoms with E-state index in [1.165, 1.54) is 0 Å². The van der Waals surface area contributed by atoms with Crippen LogP contribution < -0.4 is 0 Å². The van der Waals surface area contributed by atoms with Gasteiger partial charge in [-0.15, -0.1) is 0 Å². The van der Waals surface area contributed by atoms with Crippen LogP contribution in [-0.4, -0.2) is 53.4 Å². The van der Waals surface area contributed by atoms with E-state index in [0.717, 1.165) is 32.6 Å². The van der Waals surface area contributed by atoms with Gasteiger partial charge in [-0.2, -0.15) is 0 Å². The van der Waals surface area contributed by atoms with Gasteiger partial charge >= 0.3 is 0 Å². The molecule has 1 aromatic heterocycles. The van der Waals surface area contributed by atoms with Crippen LogP contribution in [0.4, 0.5) is 0 Å². The number of amides is 1. The number of rotatable bonds is 8. The third-order valence-electron chi connectivity index (χ3n) is 3.40. The lowest BCUT2D eigenvalue weighted by Crippen LogP contribution is -2.34. The molecule has 0 radical (unpaired) electrons. The second-order valence-electron chi connectivity index (χ2n) is 4.61. The van der Waals surface area contributed by atoms with Crippen molar-refractivity contribution in [2.24, 2.45) is 0 Å². The lowest BCUT2D eigenvalue weighted by Gasteiger charge is -2.23. The molecule has 20 heavy (non-hydrogen) atoms. The Morgan fingerprint density at radius 2 is 1.85 bits per heavy atom. The normalized spacial score (nSPS) is 10.8. The van der Waals surface area contributed by atoms with Gasteiger partial charge in [0.25, 0.3) is 5.91 Å². The lowest BCUT2D eigenvalue weighted by atomic mass is 10.3. The molecule has 0 aromatic carbocycles. The molecule has 5 heteroatoms. The minimum Gasteiger partial charge on any atom is -0.338 e. The van der Waals surface area contributed by atoms with E-state index in [1.54, 1.807) is 18.2 Å². The number of carbonyl (C=O) groups is 1. The predicted molar refractivity (Wildman–Crippen MR) is 83.2 cm³/mol. The lowest BCUT2D eigenvalue weighted by molar-refractivity contribution is 0.0751. The van der Waals surface area contributed by atoms with Crippen molar-refractivity contribution in [1.82, 2.24) is 14.8 Å². The Kier molecular flexibility index (Phi) is 7.55. The quantitative estimate of drug-likeness (QED) is 0.692. The molecule has 4 nitrogen and oxygen atoms in total. The Hall–Kier alpha value is -1.13. The van der Waals surface area contributed by atoms with Crippen molar-refractivity contribution < 1.29 is 4.79 Å². The van der Waals surface area contributed by atoms with E-state index in [1.807, 2.05) is 11.8 Å². The molecule has 0 aliphatic rings. The van der Waals surface area contributed by atoms with Crippen LogP contribution in [0.25, 0.3) is 0 Å². The van der Waals surface area contributed by atoms with Gasteiger partial charge in [-0.25, -0.2) is 4.98 Å². The largest absolute Gasteiger partial charge is 0.338 e. The summed E-state index contributed by atoms with van der Waals surface area (Å²) >= 11 is 5.83. The molecule has 1 amide bonds.